The minimum atomic E-state index is 0.724. The molecule has 2 nitrogen and oxygen atoms in total. The molecule has 2 heteroatoms. The van der Waals surface area contributed by atoms with Gasteiger partial charge < -0.3 is 9.64 Å². The standard InChI is InChI=1S/C28H31NO/c1-3-29(4-2)20-21-30-25-17-14-24(15-18-25)28-26-13-9-8-12-23(26)16-19-27(28)22-10-6-5-7-11-22/h5-15,17-18H,3-4,16,19-21H2,1-2H3. The van der Waals surface area contributed by atoms with Crippen molar-refractivity contribution >= 4 is 11.1 Å². The first-order valence-electron chi connectivity index (χ1n) is 11.1. The molecule has 0 saturated carbocycles. The van der Waals surface area contributed by atoms with Crippen LogP contribution in [0.3, 0.4) is 0 Å². The van der Waals surface area contributed by atoms with Crippen LogP contribution < -0.4 is 4.74 Å². The number of hydrogen-bond acceptors (Lipinski definition) is 2. The normalized spacial score (nSPS) is 13.4. The van der Waals surface area contributed by atoms with E-state index in [1.165, 1.54) is 33.4 Å². The van der Waals surface area contributed by atoms with Gasteiger partial charge in [0, 0.05) is 6.54 Å². The summed E-state index contributed by atoms with van der Waals surface area (Å²) in [6, 6.07) is 28.3. The first-order valence-corrected chi connectivity index (χ1v) is 11.1. The largest absolute Gasteiger partial charge is 0.492 e. The molecule has 4 rings (SSSR count). The fourth-order valence-electron chi connectivity index (χ4n) is 4.34. The Bertz CT molecular complexity index is 985. The molecule has 1 aliphatic rings. The molecule has 30 heavy (non-hydrogen) atoms. The average Bonchev–Trinajstić information content (AvgIpc) is 2.82. The molecule has 0 atom stereocenters. The van der Waals surface area contributed by atoms with Crippen LogP contribution in [0.5, 0.6) is 5.75 Å². The van der Waals surface area contributed by atoms with Crippen LogP contribution in [0.4, 0.5) is 0 Å². The Morgan fingerprint density at radius 1 is 0.733 bits per heavy atom. The van der Waals surface area contributed by atoms with E-state index in [1.807, 2.05) is 0 Å². The predicted molar refractivity (Wildman–Crippen MR) is 127 cm³/mol. The second kappa shape index (κ2) is 9.77. The Hall–Kier alpha value is -2.84. The van der Waals surface area contributed by atoms with Crippen LogP contribution in [0.15, 0.2) is 78.9 Å². The zero-order valence-electron chi connectivity index (χ0n) is 18.1. The van der Waals surface area contributed by atoms with Crippen LogP contribution in [-0.4, -0.2) is 31.1 Å². The monoisotopic (exact) mass is 397 g/mol. The van der Waals surface area contributed by atoms with Gasteiger partial charge in [-0.15, -0.1) is 0 Å². The number of rotatable bonds is 8. The topological polar surface area (TPSA) is 12.5 Å². The van der Waals surface area contributed by atoms with Crippen molar-refractivity contribution in [2.75, 3.05) is 26.2 Å². The summed E-state index contributed by atoms with van der Waals surface area (Å²) in [6.45, 7) is 8.20. The fraction of sp³-hybridized carbons (Fsp3) is 0.286. The molecule has 0 fully saturated rings. The molecule has 154 valence electrons. The van der Waals surface area contributed by atoms with Gasteiger partial charge in [0.1, 0.15) is 12.4 Å². The van der Waals surface area contributed by atoms with E-state index in [-0.39, 0.29) is 0 Å². The smallest absolute Gasteiger partial charge is 0.119 e. The van der Waals surface area contributed by atoms with Gasteiger partial charge in [0.2, 0.25) is 0 Å². The third-order valence-corrected chi connectivity index (χ3v) is 6.07. The molecule has 3 aromatic rings. The number of hydrogen-bond donors (Lipinski definition) is 0. The van der Waals surface area contributed by atoms with Crippen molar-refractivity contribution in [1.29, 1.82) is 0 Å². The second-order valence-corrected chi connectivity index (χ2v) is 7.78. The quantitative estimate of drug-likeness (QED) is 0.441. The maximum absolute atomic E-state index is 6.01. The van der Waals surface area contributed by atoms with Crippen LogP contribution in [0, 0.1) is 0 Å². The highest BCUT2D eigenvalue weighted by Crippen LogP contribution is 2.40. The summed E-state index contributed by atoms with van der Waals surface area (Å²) < 4.78 is 6.01. The molecular weight excluding hydrogens is 366 g/mol. The molecule has 1 aliphatic carbocycles. The maximum Gasteiger partial charge on any atom is 0.119 e. The number of aryl methyl sites for hydroxylation is 1. The molecule has 3 aromatic carbocycles. The highest BCUT2D eigenvalue weighted by atomic mass is 16.5. The van der Waals surface area contributed by atoms with E-state index in [4.69, 9.17) is 4.74 Å². The lowest BCUT2D eigenvalue weighted by atomic mass is 9.80. The van der Waals surface area contributed by atoms with Crippen LogP contribution in [-0.2, 0) is 6.42 Å². The number of allylic oxidation sites excluding steroid dienone is 1. The van der Waals surface area contributed by atoms with Gasteiger partial charge in [0.05, 0.1) is 0 Å². The third-order valence-electron chi connectivity index (χ3n) is 6.07. The van der Waals surface area contributed by atoms with Crippen molar-refractivity contribution < 1.29 is 4.74 Å². The number of likely N-dealkylation sites (N-methyl/N-ethyl adjacent to an activating group) is 1. The van der Waals surface area contributed by atoms with Crippen LogP contribution in [0.2, 0.25) is 0 Å². The van der Waals surface area contributed by atoms with Crippen LogP contribution >= 0.6 is 0 Å². The van der Waals surface area contributed by atoms with Gasteiger partial charge in [-0.05, 0) is 71.5 Å². The summed E-state index contributed by atoms with van der Waals surface area (Å²) in [4.78, 5) is 2.38. The summed E-state index contributed by atoms with van der Waals surface area (Å²) in [5.41, 5.74) is 8.17. The molecule has 0 heterocycles. The highest BCUT2D eigenvalue weighted by Gasteiger charge is 2.21. The lowest BCUT2D eigenvalue weighted by Crippen LogP contribution is -2.27. The first kappa shape index (κ1) is 20.4. The first-order chi connectivity index (χ1) is 14.8. The van der Waals surface area contributed by atoms with Gasteiger partial charge in [-0.1, -0.05) is 80.6 Å². The van der Waals surface area contributed by atoms with Gasteiger partial charge >= 0.3 is 0 Å². The van der Waals surface area contributed by atoms with Crippen LogP contribution in [0.25, 0.3) is 11.1 Å². The molecule has 0 aromatic heterocycles. The van der Waals surface area contributed by atoms with E-state index in [2.05, 4.69) is 97.6 Å². The van der Waals surface area contributed by atoms with Gasteiger partial charge in [-0.25, -0.2) is 0 Å². The maximum atomic E-state index is 6.01. The van der Waals surface area contributed by atoms with E-state index >= 15 is 0 Å². The number of fused-ring (bicyclic) bond motifs is 1. The molecule has 0 amide bonds. The molecular formula is C28H31NO. The van der Waals surface area contributed by atoms with E-state index in [1.54, 1.807) is 0 Å². The summed E-state index contributed by atoms with van der Waals surface area (Å²) in [6.07, 6.45) is 2.16. The molecule has 0 radical (unpaired) electrons. The van der Waals surface area contributed by atoms with E-state index < -0.39 is 0 Å². The van der Waals surface area contributed by atoms with E-state index in [0.717, 1.165) is 44.8 Å². The second-order valence-electron chi connectivity index (χ2n) is 7.78. The van der Waals surface area contributed by atoms with Gasteiger partial charge in [0.25, 0.3) is 0 Å². The van der Waals surface area contributed by atoms with Crippen molar-refractivity contribution in [3.63, 3.8) is 0 Å². The summed E-state index contributed by atoms with van der Waals surface area (Å²) in [5.74, 6) is 0.942. The van der Waals surface area contributed by atoms with Gasteiger partial charge in [-0.3, -0.25) is 0 Å². The average molecular weight is 398 g/mol. The van der Waals surface area contributed by atoms with E-state index in [9.17, 15) is 0 Å². The Balaban J connectivity index is 1.63. The molecule has 0 N–H and O–H groups in total. The number of benzene rings is 3. The summed E-state index contributed by atoms with van der Waals surface area (Å²) in [7, 11) is 0. The summed E-state index contributed by atoms with van der Waals surface area (Å²) in [5, 5.41) is 0. The minimum Gasteiger partial charge on any atom is -0.492 e. The van der Waals surface area contributed by atoms with E-state index in [0.29, 0.717) is 0 Å². The van der Waals surface area contributed by atoms with Gasteiger partial charge in [0.15, 0.2) is 0 Å². The molecule has 0 aliphatic heterocycles. The summed E-state index contributed by atoms with van der Waals surface area (Å²) >= 11 is 0. The molecule has 0 unspecified atom stereocenters. The third kappa shape index (κ3) is 4.49. The Kier molecular flexibility index (Phi) is 6.66. The minimum absolute atomic E-state index is 0.724. The van der Waals surface area contributed by atoms with Crippen molar-refractivity contribution in [2.45, 2.75) is 26.7 Å². The Morgan fingerprint density at radius 2 is 1.43 bits per heavy atom. The van der Waals surface area contributed by atoms with Crippen LogP contribution in [0.1, 0.15) is 42.5 Å². The molecule has 0 bridgehead atoms. The zero-order chi connectivity index (χ0) is 20.8. The van der Waals surface area contributed by atoms with Gasteiger partial charge in [-0.2, -0.15) is 0 Å². The zero-order valence-corrected chi connectivity index (χ0v) is 18.1. The number of ether oxygens (including phenoxy) is 1. The lowest BCUT2D eigenvalue weighted by molar-refractivity contribution is 0.223. The Labute approximate surface area is 180 Å². The fourth-order valence-corrected chi connectivity index (χ4v) is 4.34. The predicted octanol–water partition coefficient (Wildman–Crippen LogP) is 6.31. The molecule has 0 spiro atoms. The highest BCUT2D eigenvalue weighted by molar-refractivity contribution is 6.00. The van der Waals surface area contributed by atoms with Crippen molar-refractivity contribution in [1.82, 2.24) is 4.90 Å². The lowest BCUT2D eigenvalue weighted by Gasteiger charge is -2.24. The van der Waals surface area contributed by atoms with Crippen molar-refractivity contribution in [3.05, 3.63) is 101 Å². The molecule has 0 saturated heterocycles. The Morgan fingerprint density at radius 3 is 2.17 bits per heavy atom. The SMILES string of the molecule is CCN(CC)CCOc1ccc(C2=C(c3ccccc3)CCc3ccccc32)cc1. The van der Waals surface area contributed by atoms with Crippen molar-refractivity contribution in [2.24, 2.45) is 0 Å². The van der Waals surface area contributed by atoms with Crippen molar-refractivity contribution in [3.8, 4) is 5.75 Å². The number of nitrogens with zero attached hydrogens (tertiary/aromatic N) is 1.